The molecule has 1 saturated heterocycles. The first-order chi connectivity index (χ1) is 8.68. The number of hydrogen-bond acceptors (Lipinski definition) is 3. The van der Waals surface area contributed by atoms with Crippen LogP contribution in [-0.2, 0) is 0 Å². The lowest BCUT2D eigenvalue weighted by atomic mass is 10.0. The molecule has 3 heteroatoms. The molecule has 0 radical (unpaired) electrons. The number of benzene rings is 1. The van der Waals surface area contributed by atoms with Gasteiger partial charge in [-0.05, 0) is 45.5 Å². The van der Waals surface area contributed by atoms with Crippen molar-refractivity contribution in [1.29, 1.82) is 0 Å². The Kier molecular flexibility index (Phi) is 4.50. The molecular weight excluding hydrogens is 224 g/mol. The summed E-state index contributed by atoms with van der Waals surface area (Å²) in [6.45, 7) is 4.65. The molecule has 0 atom stereocenters. The maximum absolute atomic E-state index is 12.3. The number of nitrogens with one attached hydrogen (secondary N) is 1. The first kappa shape index (κ1) is 13.2. The van der Waals surface area contributed by atoms with Crippen molar-refractivity contribution in [2.45, 2.75) is 25.8 Å². The second kappa shape index (κ2) is 6.12. The molecular formula is C15H22N2O. The molecule has 0 aliphatic carbocycles. The number of ketones is 1. The molecule has 0 aromatic heterocycles. The summed E-state index contributed by atoms with van der Waals surface area (Å²) >= 11 is 0. The van der Waals surface area contributed by atoms with Crippen LogP contribution in [0.4, 0.5) is 0 Å². The van der Waals surface area contributed by atoms with Gasteiger partial charge in [0.2, 0.25) is 0 Å². The quantitative estimate of drug-likeness (QED) is 0.823. The van der Waals surface area contributed by atoms with Crippen molar-refractivity contribution >= 4 is 5.78 Å². The van der Waals surface area contributed by atoms with E-state index in [0.717, 1.165) is 37.1 Å². The molecule has 18 heavy (non-hydrogen) atoms. The average Bonchev–Trinajstić information content (AvgIpc) is 2.40. The Balaban J connectivity index is 1.96. The predicted octanol–water partition coefficient (Wildman–Crippen LogP) is 1.86. The van der Waals surface area contributed by atoms with Crippen LogP contribution in [0.15, 0.2) is 24.3 Å². The van der Waals surface area contributed by atoms with Crippen LogP contribution in [0.3, 0.4) is 0 Å². The maximum Gasteiger partial charge on any atom is 0.177 e. The van der Waals surface area contributed by atoms with E-state index in [4.69, 9.17) is 0 Å². The minimum absolute atomic E-state index is 0.231. The van der Waals surface area contributed by atoms with E-state index in [1.54, 1.807) is 0 Å². The van der Waals surface area contributed by atoms with E-state index in [1.807, 2.05) is 31.2 Å². The summed E-state index contributed by atoms with van der Waals surface area (Å²) in [7, 11) is 2.06. The number of nitrogens with zero attached hydrogens (tertiary/aromatic N) is 1. The normalized spacial score (nSPS) is 17.1. The van der Waals surface area contributed by atoms with E-state index in [9.17, 15) is 4.79 Å². The summed E-state index contributed by atoms with van der Waals surface area (Å²) in [6, 6.07) is 8.37. The largest absolute Gasteiger partial charge is 0.317 e. The molecule has 2 rings (SSSR count). The van der Waals surface area contributed by atoms with Gasteiger partial charge in [0.25, 0.3) is 0 Å². The van der Waals surface area contributed by atoms with Gasteiger partial charge in [0.1, 0.15) is 0 Å². The predicted molar refractivity (Wildman–Crippen MR) is 74.0 cm³/mol. The third-order valence-electron chi connectivity index (χ3n) is 3.77. The first-order valence-corrected chi connectivity index (χ1v) is 6.68. The number of carbonyl (C=O) groups excluding carboxylic acids is 1. The van der Waals surface area contributed by atoms with Gasteiger partial charge < -0.3 is 5.32 Å². The standard InChI is InChI=1S/C15H22N2O/c1-12-5-3-4-6-14(12)15(18)11-17(2)13-7-9-16-10-8-13/h3-6,13,16H,7-11H2,1-2H3. The lowest BCUT2D eigenvalue weighted by Gasteiger charge is -2.31. The van der Waals surface area contributed by atoms with Gasteiger partial charge in [-0.3, -0.25) is 9.69 Å². The van der Waals surface area contributed by atoms with Gasteiger partial charge in [0, 0.05) is 11.6 Å². The van der Waals surface area contributed by atoms with Crippen LogP contribution >= 0.6 is 0 Å². The Bertz CT molecular complexity index is 411. The number of aryl methyl sites for hydroxylation is 1. The van der Waals surface area contributed by atoms with Gasteiger partial charge in [-0.15, -0.1) is 0 Å². The highest BCUT2D eigenvalue weighted by atomic mass is 16.1. The second-order valence-corrected chi connectivity index (χ2v) is 5.13. The highest BCUT2D eigenvalue weighted by molar-refractivity contribution is 5.98. The van der Waals surface area contributed by atoms with Gasteiger partial charge in [-0.25, -0.2) is 0 Å². The molecule has 0 unspecified atom stereocenters. The molecule has 1 aromatic carbocycles. The zero-order valence-electron chi connectivity index (χ0n) is 11.3. The third kappa shape index (κ3) is 3.18. The highest BCUT2D eigenvalue weighted by Gasteiger charge is 2.20. The zero-order chi connectivity index (χ0) is 13.0. The number of piperidine rings is 1. The summed E-state index contributed by atoms with van der Waals surface area (Å²) < 4.78 is 0. The molecule has 3 nitrogen and oxygen atoms in total. The molecule has 0 amide bonds. The number of rotatable bonds is 4. The smallest absolute Gasteiger partial charge is 0.177 e. The number of Topliss-reactive ketones (excluding diaryl/α,β-unsaturated/α-hetero) is 1. The third-order valence-corrected chi connectivity index (χ3v) is 3.77. The van der Waals surface area contributed by atoms with Crippen molar-refractivity contribution in [3.63, 3.8) is 0 Å². The lowest BCUT2D eigenvalue weighted by Crippen LogP contribution is -2.43. The molecule has 0 saturated carbocycles. The Morgan fingerprint density at radius 2 is 2.00 bits per heavy atom. The number of likely N-dealkylation sites (N-methyl/N-ethyl adjacent to an activating group) is 1. The molecule has 1 N–H and O–H groups in total. The van der Waals surface area contributed by atoms with Crippen LogP contribution in [0.25, 0.3) is 0 Å². The van der Waals surface area contributed by atoms with E-state index < -0.39 is 0 Å². The van der Waals surface area contributed by atoms with Gasteiger partial charge >= 0.3 is 0 Å². The SMILES string of the molecule is Cc1ccccc1C(=O)CN(C)C1CCNCC1. The molecule has 1 aromatic rings. The van der Waals surface area contributed by atoms with Crippen LogP contribution in [-0.4, -0.2) is 43.4 Å². The Hall–Kier alpha value is -1.19. The average molecular weight is 246 g/mol. The molecule has 1 aliphatic rings. The van der Waals surface area contributed by atoms with Crippen LogP contribution < -0.4 is 5.32 Å². The van der Waals surface area contributed by atoms with E-state index in [1.165, 1.54) is 0 Å². The molecule has 1 heterocycles. The van der Waals surface area contributed by atoms with E-state index >= 15 is 0 Å². The minimum atomic E-state index is 0.231. The molecule has 98 valence electrons. The van der Waals surface area contributed by atoms with Gasteiger partial charge in [-0.2, -0.15) is 0 Å². The first-order valence-electron chi connectivity index (χ1n) is 6.68. The van der Waals surface area contributed by atoms with Crippen LogP contribution in [0.1, 0.15) is 28.8 Å². The highest BCUT2D eigenvalue weighted by Crippen LogP contribution is 2.13. The van der Waals surface area contributed by atoms with Gasteiger partial charge in [0.15, 0.2) is 5.78 Å². The fourth-order valence-electron chi connectivity index (χ4n) is 2.57. The van der Waals surface area contributed by atoms with Crippen LogP contribution in [0.5, 0.6) is 0 Å². The fourth-order valence-corrected chi connectivity index (χ4v) is 2.57. The Labute approximate surface area is 109 Å². The summed E-state index contributed by atoms with van der Waals surface area (Å²) in [4.78, 5) is 14.5. The Morgan fingerprint density at radius 3 is 2.67 bits per heavy atom. The molecule has 0 bridgehead atoms. The van der Waals surface area contributed by atoms with Crippen molar-refractivity contribution in [3.8, 4) is 0 Å². The number of hydrogen-bond donors (Lipinski definition) is 1. The van der Waals surface area contributed by atoms with Crippen molar-refractivity contribution in [3.05, 3.63) is 35.4 Å². The van der Waals surface area contributed by atoms with Crippen molar-refractivity contribution in [2.75, 3.05) is 26.7 Å². The number of carbonyl (C=O) groups is 1. The van der Waals surface area contributed by atoms with Crippen LogP contribution in [0, 0.1) is 6.92 Å². The minimum Gasteiger partial charge on any atom is -0.317 e. The molecule has 1 fully saturated rings. The maximum atomic E-state index is 12.3. The molecule has 1 aliphatic heterocycles. The topological polar surface area (TPSA) is 32.3 Å². The molecule has 0 spiro atoms. The van der Waals surface area contributed by atoms with Crippen molar-refractivity contribution in [1.82, 2.24) is 10.2 Å². The van der Waals surface area contributed by atoms with E-state index in [2.05, 4.69) is 17.3 Å². The monoisotopic (exact) mass is 246 g/mol. The van der Waals surface area contributed by atoms with E-state index in [-0.39, 0.29) is 5.78 Å². The summed E-state index contributed by atoms with van der Waals surface area (Å²) in [5.74, 6) is 0.231. The van der Waals surface area contributed by atoms with Gasteiger partial charge in [0.05, 0.1) is 6.54 Å². The summed E-state index contributed by atoms with van der Waals surface area (Å²) in [5.41, 5.74) is 1.93. The summed E-state index contributed by atoms with van der Waals surface area (Å²) in [5, 5.41) is 3.35. The second-order valence-electron chi connectivity index (χ2n) is 5.13. The lowest BCUT2D eigenvalue weighted by molar-refractivity contribution is 0.0903. The van der Waals surface area contributed by atoms with Gasteiger partial charge in [-0.1, -0.05) is 24.3 Å². The Morgan fingerprint density at radius 1 is 1.33 bits per heavy atom. The van der Waals surface area contributed by atoms with E-state index in [0.29, 0.717) is 12.6 Å². The van der Waals surface area contributed by atoms with Crippen molar-refractivity contribution < 1.29 is 4.79 Å². The van der Waals surface area contributed by atoms with Crippen LogP contribution in [0.2, 0.25) is 0 Å². The fraction of sp³-hybridized carbons (Fsp3) is 0.533. The van der Waals surface area contributed by atoms with Crippen molar-refractivity contribution in [2.24, 2.45) is 0 Å². The zero-order valence-corrected chi connectivity index (χ0v) is 11.3. The summed E-state index contributed by atoms with van der Waals surface area (Å²) in [6.07, 6.45) is 2.27.